The summed E-state index contributed by atoms with van der Waals surface area (Å²) >= 11 is 1.76. The Hall–Kier alpha value is -1.40. The van der Waals surface area contributed by atoms with Gasteiger partial charge in [0.2, 0.25) is 5.95 Å². The van der Waals surface area contributed by atoms with Gasteiger partial charge < -0.3 is 10.2 Å². The van der Waals surface area contributed by atoms with Crippen LogP contribution in [0, 0.1) is 13.8 Å². The number of aromatic nitrogens is 3. The van der Waals surface area contributed by atoms with Gasteiger partial charge in [-0.1, -0.05) is 0 Å². The van der Waals surface area contributed by atoms with E-state index in [4.69, 9.17) is 0 Å². The predicted molar refractivity (Wildman–Crippen MR) is 83.4 cm³/mol. The molecule has 2 aromatic rings. The highest BCUT2D eigenvalue weighted by atomic mass is 32.1. The van der Waals surface area contributed by atoms with E-state index < -0.39 is 0 Å². The SMILES string of the molecule is Cc1cc(-c2nc(N3CC(C)NC(C)C3)n[nH]2)sc1C. The normalized spacial score (nSPS) is 23.3. The molecule has 0 spiro atoms. The van der Waals surface area contributed by atoms with Crippen LogP contribution < -0.4 is 10.2 Å². The summed E-state index contributed by atoms with van der Waals surface area (Å²) < 4.78 is 0. The molecule has 3 heterocycles. The second-order valence-corrected chi connectivity index (χ2v) is 6.96. The molecule has 0 aromatic carbocycles. The Morgan fingerprint density at radius 1 is 1.25 bits per heavy atom. The fraction of sp³-hybridized carbons (Fsp3) is 0.571. The van der Waals surface area contributed by atoms with Crippen LogP contribution in [0.1, 0.15) is 24.3 Å². The molecule has 2 atom stereocenters. The molecule has 2 unspecified atom stereocenters. The summed E-state index contributed by atoms with van der Waals surface area (Å²) in [6.07, 6.45) is 0. The fourth-order valence-electron chi connectivity index (χ4n) is 2.68. The monoisotopic (exact) mass is 291 g/mol. The highest BCUT2D eigenvalue weighted by Gasteiger charge is 2.24. The Morgan fingerprint density at radius 3 is 2.55 bits per heavy atom. The van der Waals surface area contributed by atoms with Crippen LogP contribution in [0.15, 0.2) is 6.07 Å². The van der Waals surface area contributed by atoms with E-state index in [0.29, 0.717) is 12.1 Å². The lowest BCUT2D eigenvalue weighted by molar-refractivity contribution is 0.403. The minimum absolute atomic E-state index is 0.465. The van der Waals surface area contributed by atoms with E-state index in [0.717, 1.165) is 29.7 Å². The molecule has 20 heavy (non-hydrogen) atoms. The zero-order valence-corrected chi connectivity index (χ0v) is 13.2. The topological polar surface area (TPSA) is 56.8 Å². The van der Waals surface area contributed by atoms with Crippen molar-refractivity contribution in [2.24, 2.45) is 0 Å². The van der Waals surface area contributed by atoms with Crippen LogP contribution in [-0.4, -0.2) is 40.4 Å². The number of anilines is 1. The van der Waals surface area contributed by atoms with Gasteiger partial charge in [-0.25, -0.2) is 0 Å². The molecule has 6 heteroatoms. The van der Waals surface area contributed by atoms with Gasteiger partial charge in [-0.15, -0.1) is 16.4 Å². The molecule has 3 rings (SSSR count). The Kier molecular flexibility index (Phi) is 3.52. The van der Waals surface area contributed by atoms with Gasteiger partial charge in [0, 0.05) is 30.1 Å². The number of aromatic amines is 1. The lowest BCUT2D eigenvalue weighted by atomic mass is 10.1. The quantitative estimate of drug-likeness (QED) is 0.891. The van der Waals surface area contributed by atoms with E-state index in [1.54, 1.807) is 11.3 Å². The van der Waals surface area contributed by atoms with E-state index in [2.05, 4.69) is 59.2 Å². The Balaban J connectivity index is 1.83. The van der Waals surface area contributed by atoms with Crippen molar-refractivity contribution in [1.29, 1.82) is 0 Å². The van der Waals surface area contributed by atoms with E-state index >= 15 is 0 Å². The number of hydrogen-bond acceptors (Lipinski definition) is 5. The summed E-state index contributed by atoms with van der Waals surface area (Å²) in [6, 6.07) is 3.10. The van der Waals surface area contributed by atoms with Crippen LogP contribution in [0.25, 0.3) is 10.7 Å². The highest BCUT2D eigenvalue weighted by molar-refractivity contribution is 7.15. The third-order valence-electron chi connectivity index (χ3n) is 3.71. The van der Waals surface area contributed by atoms with Gasteiger partial charge in [0.1, 0.15) is 0 Å². The van der Waals surface area contributed by atoms with Gasteiger partial charge in [-0.2, -0.15) is 4.98 Å². The number of piperazine rings is 1. The molecular formula is C14H21N5S. The van der Waals surface area contributed by atoms with Crippen LogP contribution in [0.5, 0.6) is 0 Å². The number of nitrogens with zero attached hydrogens (tertiary/aromatic N) is 3. The maximum Gasteiger partial charge on any atom is 0.245 e. The highest BCUT2D eigenvalue weighted by Crippen LogP contribution is 2.29. The summed E-state index contributed by atoms with van der Waals surface area (Å²) in [5.41, 5.74) is 1.31. The molecule has 0 saturated carbocycles. The first kappa shape index (κ1) is 13.6. The molecule has 1 aliphatic heterocycles. The average Bonchev–Trinajstić information content (AvgIpc) is 2.96. The Labute approximate surface area is 123 Å². The first-order valence-electron chi connectivity index (χ1n) is 7.03. The molecular weight excluding hydrogens is 270 g/mol. The molecule has 2 aromatic heterocycles. The minimum atomic E-state index is 0.465. The molecule has 108 valence electrons. The van der Waals surface area contributed by atoms with Crippen LogP contribution in [0.2, 0.25) is 0 Å². The molecule has 2 N–H and O–H groups in total. The van der Waals surface area contributed by atoms with Gasteiger partial charge >= 0.3 is 0 Å². The number of nitrogens with one attached hydrogen (secondary N) is 2. The van der Waals surface area contributed by atoms with Gasteiger partial charge in [-0.05, 0) is 39.3 Å². The molecule has 0 radical (unpaired) electrons. The van der Waals surface area contributed by atoms with Crippen LogP contribution in [0.4, 0.5) is 5.95 Å². The van der Waals surface area contributed by atoms with E-state index in [-0.39, 0.29) is 0 Å². The van der Waals surface area contributed by atoms with Crippen LogP contribution in [-0.2, 0) is 0 Å². The van der Waals surface area contributed by atoms with Crippen molar-refractivity contribution in [3.8, 4) is 10.7 Å². The third kappa shape index (κ3) is 2.58. The van der Waals surface area contributed by atoms with Crippen LogP contribution in [0.3, 0.4) is 0 Å². The first-order chi connectivity index (χ1) is 9.52. The van der Waals surface area contributed by atoms with E-state index in [9.17, 15) is 0 Å². The molecule has 5 nitrogen and oxygen atoms in total. The maximum atomic E-state index is 4.67. The van der Waals surface area contributed by atoms with E-state index in [1.165, 1.54) is 10.4 Å². The lowest BCUT2D eigenvalue weighted by Gasteiger charge is -2.35. The van der Waals surface area contributed by atoms with Gasteiger partial charge in [0.15, 0.2) is 5.82 Å². The fourth-order valence-corrected chi connectivity index (χ4v) is 3.66. The van der Waals surface area contributed by atoms with Crippen molar-refractivity contribution >= 4 is 17.3 Å². The summed E-state index contributed by atoms with van der Waals surface area (Å²) in [5, 5.41) is 11.0. The maximum absolute atomic E-state index is 4.67. The molecule has 1 saturated heterocycles. The standard InChI is InChI=1S/C14H21N5S/c1-8-5-12(20-11(8)4)13-16-14(18-17-13)19-6-9(2)15-10(3)7-19/h5,9-10,15H,6-7H2,1-4H3,(H,16,17,18). The largest absolute Gasteiger partial charge is 0.336 e. The number of hydrogen-bond donors (Lipinski definition) is 2. The predicted octanol–water partition coefficient (Wildman–Crippen LogP) is 2.34. The molecule has 0 amide bonds. The van der Waals surface area contributed by atoms with Crippen molar-refractivity contribution in [3.63, 3.8) is 0 Å². The number of thiophene rings is 1. The number of rotatable bonds is 2. The summed E-state index contributed by atoms with van der Waals surface area (Å²) in [6.45, 7) is 10.6. The third-order valence-corrected chi connectivity index (χ3v) is 4.87. The average molecular weight is 291 g/mol. The Morgan fingerprint density at radius 2 is 1.95 bits per heavy atom. The zero-order valence-electron chi connectivity index (χ0n) is 12.4. The zero-order chi connectivity index (χ0) is 14.3. The van der Waals surface area contributed by atoms with Crippen molar-refractivity contribution in [2.75, 3.05) is 18.0 Å². The van der Waals surface area contributed by atoms with Crippen molar-refractivity contribution in [1.82, 2.24) is 20.5 Å². The van der Waals surface area contributed by atoms with Gasteiger partial charge in [0.25, 0.3) is 0 Å². The van der Waals surface area contributed by atoms with Crippen LogP contribution >= 0.6 is 11.3 Å². The summed E-state index contributed by atoms with van der Waals surface area (Å²) in [5.74, 6) is 1.68. The second kappa shape index (κ2) is 5.18. The number of aryl methyl sites for hydroxylation is 2. The Bertz CT molecular complexity index is 573. The van der Waals surface area contributed by atoms with Gasteiger partial charge in [-0.3, -0.25) is 5.10 Å². The van der Waals surface area contributed by atoms with Crippen molar-refractivity contribution in [2.45, 2.75) is 39.8 Å². The van der Waals surface area contributed by atoms with Crippen molar-refractivity contribution < 1.29 is 0 Å². The lowest BCUT2D eigenvalue weighted by Crippen LogP contribution is -2.54. The van der Waals surface area contributed by atoms with Gasteiger partial charge in [0.05, 0.1) is 4.88 Å². The minimum Gasteiger partial charge on any atom is -0.336 e. The first-order valence-corrected chi connectivity index (χ1v) is 7.85. The van der Waals surface area contributed by atoms with Crippen molar-refractivity contribution in [3.05, 3.63) is 16.5 Å². The molecule has 0 bridgehead atoms. The van der Waals surface area contributed by atoms with E-state index in [1.807, 2.05) is 0 Å². The second-order valence-electron chi connectivity index (χ2n) is 5.71. The molecule has 1 aliphatic rings. The number of H-pyrrole nitrogens is 1. The summed E-state index contributed by atoms with van der Waals surface area (Å²) in [4.78, 5) is 9.42. The summed E-state index contributed by atoms with van der Waals surface area (Å²) in [7, 11) is 0. The molecule has 0 aliphatic carbocycles. The smallest absolute Gasteiger partial charge is 0.245 e. The molecule has 1 fully saturated rings.